The van der Waals surface area contributed by atoms with E-state index in [2.05, 4.69) is 20.7 Å². The third kappa shape index (κ3) is 6.92. The number of ketones is 1. The van der Waals surface area contributed by atoms with Gasteiger partial charge in [0.1, 0.15) is 5.75 Å². The standard InChI is InChI=1S/C28H45F3N7O5/c1-7-35(8-2)22-9-10-23-37(33-22)26(32)34-38(23,43-25(40)28(29,30)31)17-21(39)18-15-19(27(3,4)5)24(41-6)20(16-18)36-11-13-42-14-12-36/h15-16,22-23,26,33-34H,7-14,17,32H2,1-6H3/q+1. The number of nitrogens with two attached hydrogens (primary N) is 1. The molecule has 0 bridgehead atoms. The molecule has 0 amide bonds. The second-order valence-electron chi connectivity index (χ2n) is 12.1. The largest absolute Gasteiger partial charge is 0.497 e. The van der Waals surface area contributed by atoms with E-state index < -0.39 is 47.1 Å². The highest BCUT2D eigenvalue weighted by Crippen LogP contribution is 2.41. The van der Waals surface area contributed by atoms with Gasteiger partial charge in [-0.1, -0.05) is 40.0 Å². The molecule has 4 atom stereocenters. The van der Waals surface area contributed by atoms with E-state index in [0.29, 0.717) is 50.6 Å². The van der Waals surface area contributed by atoms with Crippen LogP contribution in [0, 0.1) is 0 Å². The van der Waals surface area contributed by atoms with Crippen molar-refractivity contribution in [3.05, 3.63) is 23.3 Å². The number of anilines is 1. The average molecular weight is 617 g/mol. The number of nitrogens with one attached hydrogen (secondary N) is 2. The maximum Gasteiger partial charge on any atom is 0.497 e. The number of carbonyl (C=O) groups is 2. The second kappa shape index (κ2) is 12.8. The smallest absolute Gasteiger partial charge is 0.494 e. The maximum absolute atomic E-state index is 14.1. The Morgan fingerprint density at radius 1 is 1.14 bits per heavy atom. The highest BCUT2D eigenvalue weighted by molar-refractivity contribution is 5.99. The van der Waals surface area contributed by atoms with Crippen LogP contribution in [0.3, 0.4) is 0 Å². The summed E-state index contributed by atoms with van der Waals surface area (Å²) in [6.45, 7) is 13.0. The molecular weight excluding hydrogens is 571 g/mol. The zero-order valence-electron chi connectivity index (χ0n) is 25.8. The van der Waals surface area contributed by atoms with Gasteiger partial charge in [0, 0.05) is 30.6 Å². The summed E-state index contributed by atoms with van der Waals surface area (Å²) in [6, 6.07) is 3.39. The lowest BCUT2D eigenvalue weighted by Crippen LogP contribution is -2.67. The highest BCUT2D eigenvalue weighted by atomic mass is 19.4. The fourth-order valence-electron chi connectivity index (χ4n) is 6.10. The van der Waals surface area contributed by atoms with Gasteiger partial charge in [-0.05, 0) is 41.8 Å². The quantitative estimate of drug-likeness (QED) is 0.280. The fraction of sp³-hybridized carbons (Fsp3) is 0.714. The zero-order valence-corrected chi connectivity index (χ0v) is 25.8. The van der Waals surface area contributed by atoms with Gasteiger partial charge in [0.25, 0.3) is 0 Å². The molecule has 4 unspecified atom stereocenters. The Morgan fingerprint density at radius 2 is 1.79 bits per heavy atom. The van der Waals surface area contributed by atoms with Crippen LogP contribution in [0.5, 0.6) is 5.75 Å². The third-order valence-corrected chi connectivity index (χ3v) is 8.31. The van der Waals surface area contributed by atoms with E-state index in [-0.39, 0.29) is 11.7 Å². The topological polar surface area (TPSA) is 122 Å². The number of hydrogen-bond acceptors (Lipinski definition) is 11. The first-order valence-electron chi connectivity index (χ1n) is 14.7. The summed E-state index contributed by atoms with van der Waals surface area (Å²) >= 11 is 0. The molecule has 12 nitrogen and oxygen atoms in total. The average Bonchev–Trinajstić information content (AvgIpc) is 3.22. The van der Waals surface area contributed by atoms with Crippen LogP contribution in [0.1, 0.15) is 63.4 Å². The van der Waals surface area contributed by atoms with Crippen molar-refractivity contribution in [2.75, 3.05) is 57.9 Å². The minimum atomic E-state index is -5.28. The van der Waals surface area contributed by atoms with Crippen molar-refractivity contribution in [1.82, 2.24) is 20.8 Å². The molecule has 3 aliphatic rings. The Labute approximate surface area is 250 Å². The molecule has 3 fully saturated rings. The van der Waals surface area contributed by atoms with Crippen molar-refractivity contribution in [2.45, 2.75) is 77.7 Å². The number of alkyl halides is 3. The van der Waals surface area contributed by atoms with Crippen LogP contribution in [0.4, 0.5) is 18.9 Å². The molecule has 4 rings (SSSR count). The van der Waals surface area contributed by atoms with E-state index in [9.17, 15) is 22.8 Å². The number of hydrazine groups is 1. The van der Waals surface area contributed by atoms with E-state index in [1.807, 2.05) is 34.6 Å². The molecule has 0 radical (unpaired) electrons. The molecule has 15 heteroatoms. The van der Waals surface area contributed by atoms with Crippen molar-refractivity contribution in [3.8, 4) is 5.75 Å². The zero-order chi connectivity index (χ0) is 31.7. The van der Waals surface area contributed by atoms with Gasteiger partial charge >= 0.3 is 12.1 Å². The van der Waals surface area contributed by atoms with E-state index in [1.54, 1.807) is 24.3 Å². The van der Waals surface area contributed by atoms with Gasteiger partial charge in [-0.3, -0.25) is 15.4 Å². The molecular formula is C28H45F3N7O5+. The number of carbonyl (C=O) groups excluding carboxylic acids is 2. The Bertz CT molecular complexity index is 1170. The molecule has 4 N–H and O–H groups in total. The first-order chi connectivity index (χ1) is 20.1. The van der Waals surface area contributed by atoms with E-state index >= 15 is 0 Å². The minimum absolute atomic E-state index is 0.125. The summed E-state index contributed by atoms with van der Waals surface area (Å²) < 4.78 is 50.8. The summed E-state index contributed by atoms with van der Waals surface area (Å²) in [6.07, 6.45) is -6.49. The van der Waals surface area contributed by atoms with Crippen molar-refractivity contribution in [3.63, 3.8) is 0 Å². The van der Waals surface area contributed by atoms with Gasteiger partial charge in [0.2, 0.25) is 18.5 Å². The number of ether oxygens (including phenoxy) is 2. The number of quaternary nitrogens is 1. The fourth-order valence-corrected chi connectivity index (χ4v) is 6.10. The Morgan fingerprint density at radius 3 is 2.35 bits per heavy atom. The molecule has 43 heavy (non-hydrogen) atoms. The lowest BCUT2D eigenvalue weighted by atomic mass is 9.84. The molecule has 3 heterocycles. The molecule has 1 aromatic rings. The molecule has 0 aromatic heterocycles. The molecule has 3 aliphatic heterocycles. The Kier molecular flexibility index (Phi) is 9.96. The molecule has 0 spiro atoms. The maximum atomic E-state index is 14.1. The van der Waals surface area contributed by atoms with Crippen molar-refractivity contribution < 1.29 is 41.8 Å². The first kappa shape index (κ1) is 33.4. The lowest BCUT2D eigenvalue weighted by molar-refractivity contribution is -1.13. The van der Waals surface area contributed by atoms with Gasteiger partial charge in [-0.2, -0.15) is 13.2 Å². The second-order valence-corrected chi connectivity index (χ2v) is 12.1. The molecule has 242 valence electrons. The SMILES string of the molecule is CCN(CC)C1CCC2N(N1)C(N)N[N+]2(CC(=O)c1cc(N2CCOCC2)c(OC)c(C(C)(C)C)c1)OC(=O)C(F)(F)F. The van der Waals surface area contributed by atoms with Crippen molar-refractivity contribution in [2.24, 2.45) is 5.73 Å². The summed E-state index contributed by atoms with van der Waals surface area (Å²) in [5.41, 5.74) is 13.7. The van der Waals surface area contributed by atoms with Crippen LogP contribution in [-0.4, -0.2) is 104 Å². The van der Waals surface area contributed by atoms with Gasteiger partial charge in [0.15, 0.2) is 6.29 Å². The molecule has 3 saturated heterocycles. The molecule has 1 aromatic carbocycles. The summed E-state index contributed by atoms with van der Waals surface area (Å²) in [7, 11) is 1.57. The predicted octanol–water partition coefficient (Wildman–Crippen LogP) is 2.20. The van der Waals surface area contributed by atoms with E-state index in [1.165, 1.54) is 0 Å². The van der Waals surface area contributed by atoms with Gasteiger partial charge in [-0.25, -0.2) is 15.1 Å². The minimum Gasteiger partial charge on any atom is -0.494 e. The van der Waals surface area contributed by atoms with Crippen LogP contribution in [-0.2, 0) is 19.8 Å². The van der Waals surface area contributed by atoms with E-state index in [4.69, 9.17) is 20.0 Å². The van der Waals surface area contributed by atoms with Crippen LogP contribution >= 0.6 is 0 Å². The number of morpholine rings is 1. The number of hydroxylamine groups is 2. The normalized spacial score (nSPS) is 26.9. The highest BCUT2D eigenvalue weighted by Gasteiger charge is 2.61. The first-order valence-corrected chi connectivity index (χ1v) is 14.7. The third-order valence-electron chi connectivity index (χ3n) is 8.31. The van der Waals surface area contributed by atoms with E-state index in [0.717, 1.165) is 18.7 Å². The number of benzene rings is 1. The summed E-state index contributed by atoms with van der Waals surface area (Å²) in [4.78, 5) is 35.7. The van der Waals surface area contributed by atoms with Crippen molar-refractivity contribution in [1.29, 1.82) is 0 Å². The molecule has 0 aliphatic carbocycles. The number of Topliss-reactive ketones (excluding diaryl/α,β-unsaturated/α-hetero) is 1. The van der Waals surface area contributed by atoms with Crippen LogP contribution in [0.25, 0.3) is 0 Å². The van der Waals surface area contributed by atoms with Gasteiger partial charge < -0.3 is 14.4 Å². The molecule has 0 saturated carbocycles. The Hall–Kier alpha value is -2.53. The Balaban J connectivity index is 1.74. The predicted molar refractivity (Wildman–Crippen MR) is 152 cm³/mol. The number of methoxy groups -OCH3 is 1. The van der Waals surface area contributed by atoms with Crippen molar-refractivity contribution >= 4 is 17.4 Å². The summed E-state index contributed by atoms with van der Waals surface area (Å²) in [5.74, 6) is -2.32. The number of rotatable bonds is 9. The number of fused-ring (bicyclic) bond motifs is 1. The van der Waals surface area contributed by atoms with Gasteiger partial charge in [0.05, 0.1) is 32.2 Å². The van der Waals surface area contributed by atoms with Crippen LogP contribution < -0.4 is 26.2 Å². The van der Waals surface area contributed by atoms with Crippen LogP contribution in [0.2, 0.25) is 0 Å². The lowest BCUT2D eigenvalue weighted by Gasteiger charge is -2.42. The van der Waals surface area contributed by atoms with Crippen LogP contribution in [0.15, 0.2) is 12.1 Å². The number of hydrogen-bond donors (Lipinski definition) is 3. The monoisotopic (exact) mass is 616 g/mol. The number of halogens is 3. The van der Waals surface area contributed by atoms with Gasteiger partial charge in [-0.15, -0.1) is 5.01 Å². The number of nitrogens with zero attached hydrogens (tertiary/aromatic N) is 4. The summed E-state index contributed by atoms with van der Waals surface area (Å²) in [5, 5.41) is 1.55.